The zero-order chi connectivity index (χ0) is 23.7. The first kappa shape index (κ1) is 22.2. The van der Waals surface area contributed by atoms with Crippen molar-refractivity contribution >= 4 is 0 Å². The van der Waals surface area contributed by atoms with Crippen molar-refractivity contribution in [3.8, 4) is 0 Å². The molecule has 5 rings (SSSR count). The Morgan fingerprint density at radius 1 is 0.912 bits per heavy atom. The third-order valence-electron chi connectivity index (χ3n) is 6.43. The molecule has 4 aromatic rings. The molecule has 0 atom stereocenters. The summed E-state index contributed by atoms with van der Waals surface area (Å²) in [6, 6.07) is 23.7. The molecule has 3 aromatic carbocycles. The van der Waals surface area contributed by atoms with Crippen molar-refractivity contribution in [2.24, 2.45) is 0 Å². The standard InChI is InChI=1S/C28H25F2N3O/c1-19-31-25-15-16-32(17-22-13-8-14-24(29)26(22)30)18-23(25)28(34)33(19)27(20-9-4-2-5-10-20)21-11-6-3-7-12-21/h2-14,27H,15-18H2,1H3. The van der Waals surface area contributed by atoms with Gasteiger partial charge in [0.05, 0.1) is 17.3 Å². The van der Waals surface area contributed by atoms with Crippen molar-refractivity contribution in [3.05, 3.63) is 135 Å². The van der Waals surface area contributed by atoms with Crippen LogP contribution in [0.25, 0.3) is 0 Å². The third-order valence-corrected chi connectivity index (χ3v) is 6.43. The maximum absolute atomic E-state index is 14.3. The van der Waals surface area contributed by atoms with Crippen LogP contribution in [0.1, 0.15) is 39.8 Å². The number of aromatic nitrogens is 2. The Kier molecular flexibility index (Phi) is 6.07. The maximum atomic E-state index is 14.3. The van der Waals surface area contributed by atoms with Crippen molar-refractivity contribution in [1.29, 1.82) is 0 Å². The van der Waals surface area contributed by atoms with Gasteiger partial charge in [0.15, 0.2) is 11.6 Å². The van der Waals surface area contributed by atoms with E-state index in [2.05, 4.69) is 0 Å². The highest BCUT2D eigenvalue weighted by Gasteiger charge is 2.27. The highest BCUT2D eigenvalue weighted by atomic mass is 19.2. The summed E-state index contributed by atoms with van der Waals surface area (Å²) in [4.78, 5) is 20.7. The monoisotopic (exact) mass is 457 g/mol. The minimum atomic E-state index is -0.858. The van der Waals surface area contributed by atoms with Gasteiger partial charge in [0, 0.05) is 31.6 Å². The minimum absolute atomic E-state index is 0.0929. The van der Waals surface area contributed by atoms with Gasteiger partial charge in [-0.05, 0) is 24.1 Å². The quantitative estimate of drug-likeness (QED) is 0.422. The van der Waals surface area contributed by atoms with E-state index in [9.17, 15) is 13.6 Å². The molecule has 6 heteroatoms. The predicted octanol–water partition coefficient (Wildman–Crippen LogP) is 5.03. The van der Waals surface area contributed by atoms with Crippen LogP contribution in [0.2, 0.25) is 0 Å². The van der Waals surface area contributed by atoms with E-state index in [1.54, 1.807) is 10.6 Å². The predicted molar refractivity (Wildman–Crippen MR) is 128 cm³/mol. The van der Waals surface area contributed by atoms with Crippen molar-refractivity contribution in [3.63, 3.8) is 0 Å². The van der Waals surface area contributed by atoms with Crippen LogP contribution >= 0.6 is 0 Å². The Morgan fingerprint density at radius 3 is 2.21 bits per heavy atom. The number of nitrogens with zero attached hydrogens (tertiary/aromatic N) is 3. The largest absolute Gasteiger partial charge is 0.294 e. The summed E-state index contributed by atoms with van der Waals surface area (Å²) in [5, 5.41) is 0. The van der Waals surface area contributed by atoms with E-state index < -0.39 is 11.6 Å². The summed E-state index contributed by atoms with van der Waals surface area (Å²) in [7, 11) is 0. The Bertz CT molecular complexity index is 1330. The topological polar surface area (TPSA) is 38.1 Å². The molecule has 172 valence electrons. The third kappa shape index (κ3) is 4.17. The number of halogens is 2. The number of hydrogen-bond acceptors (Lipinski definition) is 3. The molecule has 4 nitrogen and oxygen atoms in total. The average Bonchev–Trinajstić information content (AvgIpc) is 2.86. The van der Waals surface area contributed by atoms with Crippen LogP contribution in [0, 0.1) is 18.6 Å². The first-order valence-corrected chi connectivity index (χ1v) is 11.4. The fourth-order valence-electron chi connectivity index (χ4n) is 4.78. The van der Waals surface area contributed by atoms with Crippen LogP contribution in [0.5, 0.6) is 0 Å². The highest BCUT2D eigenvalue weighted by molar-refractivity contribution is 5.35. The van der Waals surface area contributed by atoms with Crippen LogP contribution in [0.4, 0.5) is 8.78 Å². The molecule has 0 saturated carbocycles. The van der Waals surface area contributed by atoms with Gasteiger partial charge in [0.1, 0.15) is 5.82 Å². The number of aryl methyl sites for hydroxylation is 1. The highest BCUT2D eigenvalue weighted by Crippen LogP contribution is 2.28. The van der Waals surface area contributed by atoms with Gasteiger partial charge in [-0.15, -0.1) is 0 Å². The minimum Gasteiger partial charge on any atom is -0.294 e. The molecule has 1 aromatic heterocycles. The second-order valence-electron chi connectivity index (χ2n) is 8.66. The van der Waals surface area contributed by atoms with E-state index in [1.165, 1.54) is 6.07 Å². The summed E-state index contributed by atoms with van der Waals surface area (Å²) < 4.78 is 29.7. The van der Waals surface area contributed by atoms with E-state index in [4.69, 9.17) is 4.98 Å². The van der Waals surface area contributed by atoms with Crippen LogP contribution in [-0.4, -0.2) is 21.0 Å². The molecule has 0 saturated heterocycles. The Hall–Kier alpha value is -3.64. The van der Waals surface area contributed by atoms with Gasteiger partial charge >= 0.3 is 0 Å². The smallest absolute Gasteiger partial charge is 0.259 e. The molecule has 34 heavy (non-hydrogen) atoms. The van der Waals surface area contributed by atoms with E-state index in [0.717, 1.165) is 22.9 Å². The number of benzene rings is 3. The second-order valence-corrected chi connectivity index (χ2v) is 8.66. The average molecular weight is 458 g/mol. The summed E-state index contributed by atoms with van der Waals surface area (Å²) in [6.45, 7) is 3.07. The molecule has 1 aliphatic heterocycles. The first-order valence-electron chi connectivity index (χ1n) is 11.4. The Labute approximate surface area is 197 Å². The zero-order valence-electron chi connectivity index (χ0n) is 18.9. The molecule has 0 fully saturated rings. The Morgan fingerprint density at radius 2 is 1.56 bits per heavy atom. The summed E-state index contributed by atoms with van der Waals surface area (Å²) >= 11 is 0. The van der Waals surface area contributed by atoms with Crippen molar-refractivity contribution in [1.82, 2.24) is 14.5 Å². The lowest BCUT2D eigenvalue weighted by atomic mass is 9.97. The van der Waals surface area contributed by atoms with Crippen molar-refractivity contribution in [2.45, 2.75) is 32.5 Å². The van der Waals surface area contributed by atoms with Crippen LogP contribution in [0.15, 0.2) is 83.7 Å². The van der Waals surface area contributed by atoms with E-state index >= 15 is 0 Å². The molecule has 0 unspecified atom stereocenters. The van der Waals surface area contributed by atoms with Gasteiger partial charge < -0.3 is 0 Å². The lowest BCUT2D eigenvalue weighted by Crippen LogP contribution is -2.40. The van der Waals surface area contributed by atoms with E-state index in [-0.39, 0.29) is 23.7 Å². The molecule has 0 spiro atoms. The normalized spacial score (nSPS) is 13.8. The molecule has 0 bridgehead atoms. The first-order chi connectivity index (χ1) is 16.5. The van der Waals surface area contributed by atoms with Gasteiger partial charge in [-0.1, -0.05) is 72.8 Å². The lowest BCUT2D eigenvalue weighted by Gasteiger charge is -2.30. The van der Waals surface area contributed by atoms with Crippen molar-refractivity contribution in [2.75, 3.05) is 6.54 Å². The summed E-state index contributed by atoms with van der Waals surface area (Å²) in [5.74, 6) is -1.03. The van der Waals surface area contributed by atoms with Gasteiger partial charge in [0.25, 0.3) is 5.56 Å². The summed E-state index contributed by atoms with van der Waals surface area (Å²) in [5.41, 5.74) is 3.59. The fraction of sp³-hybridized carbons (Fsp3) is 0.214. The van der Waals surface area contributed by atoms with Gasteiger partial charge in [-0.25, -0.2) is 13.8 Å². The maximum Gasteiger partial charge on any atom is 0.259 e. The molecule has 2 heterocycles. The number of hydrogen-bond donors (Lipinski definition) is 0. The van der Waals surface area contributed by atoms with E-state index in [1.807, 2.05) is 72.5 Å². The van der Waals surface area contributed by atoms with Gasteiger partial charge in [-0.3, -0.25) is 14.3 Å². The van der Waals surface area contributed by atoms with E-state index in [0.29, 0.717) is 30.9 Å². The van der Waals surface area contributed by atoms with Gasteiger partial charge in [-0.2, -0.15) is 0 Å². The second kappa shape index (κ2) is 9.31. The number of rotatable bonds is 5. The fourth-order valence-corrected chi connectivity index (χ4v) is 4.78. The molecule has 0 N–H and O–H groups in total. The molecular weight excluding hydrogens is 432 g/mol. The van der Waals surface area contributed by atoms with Crippen LogP contribution in [0.3, 0.4) is 0 Å². The molecule has 1 aliphatic rings. The number of fused-ring (bicyclic) bond motifs is 1. The van der Waals surface area contributed by atoms with Gasteiger partial charge in [0.2, 0.25) is 0 Å². The van der Waals surface area contributed by atoms with Crippen molar-refractivity contribution < 1.29 is 8.78 Å². The van der Waals surface area contributed by atoms with Crippen LogP contribution < -0.4 is 5.56 Å². The Balaban J connectivity index is 1.56. The van der Waals surface area contributed by atoms with Crippen LogP contribution in [-0.2, 0) is 19.5 Å². The summed E-state index contributed by atoms with van der Waals surface area (Å²) in [6.07, 6.45) is 0.588. The zero-order valence-corrected chi connectivity index (χ0v) is 18.9. The lowest BCUT2D eigenvalue weighted by molar-refractivity contribution is 0.236. The molecule has 0 radical (unpaired) electrons. The molecule has 0 aliphatic carbocycles. The molecule has 0 amide bonds. The molecular formula is C28H25F2N3O. The SMILES string of the molecule is Cc1nc2c(c(=O)n1C(c1ccccc1)c1ccccc1)CN(Cc1cccc(F)c1F)CC2.